The van der Waals surface area contributed by atoms with E-state index in [0.717, 1.165) is 5.56 Å². The lowest BCUT2D eigenvalue weighted by Crippen LogP contribution is -2.18. The fourth-order valence-corrected chi connectivity index (χ4v) is 3.30. The Morgan fingerprint density at radius 2 is 1.69 bits per heavy atom. The summed E-state index contributed by atoms with van der Waals surface area (Å²) in [6.07, 6.45) is 1.63. The van der Waals surface area contributed by atoms with Crippen molar-refractivity contribution in [2.75, 3.05) is 10.6 Å². The first-order valence-electron chi connectivity index (χ1n) is 10.1. The molecule has 32 heavy (non-hydrogen) atoms. The molecule has 0 saturated heterocycles. The fourth-order valence-electron chi connectivity index (χ4n) is 3.30. The highest BCUT2D eigenvalue weighted by atomic mass is 16.2. The van der Waals surface area contributed by atoms with Gasteiger partial charge in [0, 0.05) is 17.4 Å². The number of pyridine rings is 1. The van der Waals surface area contributed by atoms with Crippen molar-refractivity contribution < 1.29 is 9.59 Å². The predicted octanol–water partition coefficient (Wildman–Crippen LogP) is 4.06. The molecule has 2 amide bonds. The summed E-state index contributed by atoms with van der Waals surface area (Å²) in [6.45, 7) is 1.86. The molecule has 8 heteroatoms. The van der Waals surface area contributed by atoms with E-state index in [0.29, 0.717) is 28.6 Å². The standard InChI is InChI=1S/C24H22N6O2/c1-15(16-7-3-2-4-8-16)24(32)27-18-12-10-17(11-13-18)21-20(22(25)31)23(30-29-21)28-19-9-5-6-14-26-19/h2-15H,1H3,(H2,25,31)(H,27,32)(H2,26,28,29,30). The van der Waals surface area contributed by atoms with Crippen LogP contribution in [0.25, 0.3) is 11.3 Å². The molecular weight excluding hydrogens is 404 g/mol. The molecule has 0 aliphatic heterocycles. The zero-order chi connectivity index (χ0) is 22.5. The minimum absolute atomic E-state index is 0.106. The van der Waals surface area contributed by atoms with Gasteiger partial charge in [-0.3, -0.25) is 14.7 Å². The third kappa shape index (κ3) is 4.49. The molecule has 2 aromatic carbocycles. The molecule has 4 rings (SSSR count). The molecular formula is C24H22N6O2. The van der Waals surface area contributed by atoms with E-state index in [1.165, 1.54) is 0 Å². The summed E-state index contributed by atoms with van der Waals surface area (Å²) >= 11 is 0. The molecule has 5 N–H and O–H groups in total. The summed E-state index contributed by atoms with van der Waals surface area (Å²) in [5, 5.41) is 13.0. The molecule has 2 aromatic heterocycles. The number of anilines is 3. The average molecular weight is 426 g/mol. The summed E-state index contributed by atoms with van der Waals surface area (Å²) in [5.74, 6) is -0.185. The average Bonchev–Trinajstić information content (AvgIpc) is 3.24. The summed E-state index contributed by atoms with van der Waals surface area (Å²) in [4.78, 5) is 28.9. The molecule has 0 aliphatic carbocycles. The van der Waals surface area contributed by atoms with Crippen LogP contribution >= 0.6 is 0 Å². The van der Waals surface area contributed by atoms with Gasteiger partial charge in [0.05, 0.1) is 11.6 Å². The number of nitrogens with one attached hydrogen (secondary N) is 3. The third-order valence-corrected chi connectivity index (χ3v) is 5.06. The largest absolute Gasteiger partial charge is 0.365 e. The Balaban J connectivity index is 1.53. The van der Waals surface area contributed by atoms with E-state index in [4.69, 9.17) is 5.73 Å². The molecule has 0 fully saturated rings. The van der Waals surface area contributed by atoms with Crippen LogP contribution in [-0.4, -0.2) is 27.0 Å². The van der Waals surface area contributed by atoms with Crippen LogP contribution in [0.2, 0.25) is 0 Å². The minimum atomic E-state index is -0.624. The summed E-state index contributed by atoms with van der Waals surface area (Å²) in [6, 6.07) is 22.0. The molecule has 8 nitrogen and oxygen atoms in total. The van der Waals surface area contributed by atoms with E-state index in [1.807, 2.05) is 43.3 Å². The van der Waals surface area contributed by atoms with Crippen LogP contribution in [0.4, 0.5) is 17.3 Å². The number of benzene rings is 2. The Bertz CT molecular complexity index is 1220. The quantitative estimate of drug-likeness (QED) is 0.355. The van der Waals surface area contributed by atoms with Crippen molar-refractivity contribution in [1.29, 1.82) is 0 Å². The summed E-state index contributed by atoms with van der Waals surface area (Å²) < 4.78 is 0. The molecule has 0 aliphatic rings. The Hall–Kier alpha value is -4.46. The van der Waals surface area contributed by atoms with E-state index in [-0.39, 0.29) is 17.4 Å². The number of nitrogens with zero attached hydrogens (tertiary/aromatic N) is 2. The Morgan fingerprint density at radius 1 is 0.969 bits per heavy atom. The zero-order valence-corrected chi connectivity index (χ0v) is 17.4. The summed E-state index contributed by atoms with van der Waals surface area (Å²) in [5.41, 5.74) is 8.62. The number of carbonyl (C=O) groups is 2. The minimum Gasteiger partial charge on any atom is -0.365 e. The Morgan fingerprint density at radius 3 is 2.34 bits per heavy atom. The number of hydrogen-bond donors (Lipinski definition) is 4. The highest BCUT2D eigenvalue weighted by molar-refractivity contribution is 6.04. The number of amides is 2. The van der Waals surface area contributed by atoms with E-state index < -0.39 is 5.91 Å². The van der Waals surface area contributed by atoms with Gasteiger partial charge >= 0.3 is 0 Å². The van der Waals surface area contributed by atoms with Gasteiger partial charge in [-0.15, -0.1) is 0 Å². The molecule has 1 atom stereocenters. The smallest absolute Gasteiger partial charge is 0.254 e. The second-order valence-corrected chi connectivity index (χ2v) is 7.23. The normalized spacial score (nSPS) is 11.5. The number of H-pyrrole nitrogens is 1. The van der Waals surface area contributed by atoms with E-state index in [9.17, 15) is 9.59 Å². The first-order chi connectivity index (χ1) is 15.5. The molecule has 0 saturated carbocycles. The molecule has 160 valence electrons. The van der Waals surface area contributed by atoms with Gasteiger partial charge in [0.15, 0.2) is 5.82 Å². The van der Waals surface area contributed by atoms with Crippen molar-refractivity contribution in [2.45, 2.75) is 12.8 Å². The number of rotatable bonds is 7. The van der Waals surface area contributed by atoms with Gasteiger partial charge in [0.25, 0.3) is 5.91 Å². The number of aromatic amines is 1. The van der Waals surface area contributed by atoms with E-state index in [2.05, 4.69) is 25.8 Å². The molecule has 0 spiro atoms. The van der Waals surface area contributed by atoms with Gasteiger partial charge in [-0.1, -0.05) is 48.5 Å². The summed E-state index contributed by atoms with van der Waals surface area (Å²) in [7, 11) is 0. The van der Waals surface area contributed by atoms with Gasteiger partial charge < -0.3 is 16.4 Å². The zero-order valence-electron chi connectivity index (χ0n) is 17.4. The fraction of sp³-hybridized carbons (Fsp3) is 0.0833. The second-order valence-electron chi connectivity index (χ2n) is 7.23. The molecule has 0 bridgehead atoms. The Labute approximate surface area is 184 Å². The van der Waals surface area contributed by atoms with E-state index >= 15 is 0 Å². The van der Waals surface area contributed by atoms with Crippen LogP contribution in [0.1, 0.15) is 28.8 Å². The van der Waals surface area contributed by atoms with E-state index in [1.54, 1.807) is 42.6 Å². The highest BCUT2D eigenvalue weighted by Crippen LogP contribution is 2.29. The first-order valence-corrected chi connectivity index (χ1v) is 10.1. The maximum absolute atomic E-state index is 12.6. The van der Waals surface area contributed by atoms with Crippen molar-refractivity contribution >= 4 is 29.1 Å². The van der Waals surface area contributed by atoms with Gasteiger partial charge in [0.1, 0.15) is 11.4 Å². The van der Waals surface area contributed by atoms with Crippen molar-refractivity contribution in [3.8, 4) is 11.3 Å². The van der Waals surface area contributed by atoms with Gasteiger partial charge in [0.2, 0.25) is 5.91 Å². The van der Waals surface area contributed by atoms with Crippen molar-refractivity contribution in [1.82, 2.24) is 15.2 Å². The third-order valence-electron chi connectivity index (χ3n) is 5.06. The van der Waals surface area contributed by atoms with Crippen molar-refractivity contribution in [3.63, 3.8) is 0 Å². The number of carbonyl (C=O) groups excluding carboxylic acids is 2. The monoisotopic (exact) mass is 426 g/mol. The lowest BCUT2D eigenvalue weighted by molar-refractivity contribution is -0.117. The molecule has 1 unspecified atom stereocenters. The SMILES string of the molecule is CC(C(=O)Nc1ccc(-c2[nH]nc(Nc3ccccn3)c2C(N)=O)cc1)c1ccccc1. The molecule has 4 aromatic rings. The van der Waals surface area contributed by atoms with Gasteiger partial charge in [-0.05, 0) is 36.8 Å². The number of nitrogens with two attached hydrogens (primary N) is 1. The maximum Gasteiger partial charge on any atom is 0.254 e. The van der Waals surface area contributed by atoms with Gasteiger partial charge in [-0.25, -0.2) is 4.98 Å². The number of aromatic nitrogens is 3. The molecule has 0 radical (unpaired) electrons. The molecule has 2 heterocycles. The Kier molecular flexibility index (Phi) is 5.94. The van der Waals surface area contributed by atoms with Gasteiger partial charge in [-0.2, -0.15) is 5.10 Å². The number of primary amides is 1. The van der Waals surface area contributed by atoms with Crippen LogP contribution in [0.15, 0.2) is 79.0 Å². The van der Waals surface area contributed by atoms with Crippen LogP contribution in [0.3, 0.4) is 0 Å². The van der Waals surface area contributed by atoms with Crippen molar-refractivity contribution in [2.24, 2.45) is 5.73 Å². The van der Waals surface area contributed by atoms with Crippen LogP contribution < -0.4 is 16.4 Å². The second kappa shape index (κ2) is 9.13. The van der Waals surface area contributed by atoms with Crippen LogP contribution in [0.5, 0.6) is 0 Å². The highest BCUT2D eigenvalue weighted by Gasteiger charge is 2.20. The number of hydrogen-bond acceptors (Lipinski definition) is 5. The first kappa shape index (κ1) is 20.8. The van der Waals surface area contributed by atoms with Crippen LogP contribution in [0, 0.1) is 0 Å². The predicted molar refractivity (Wildman–Crippen MR) is 124 cm³/mol. The van der Waals surface area contributed by atoms with Crippen molar-refractivity contribution in [3.05, 3.63) is 90.1 Å². The lowest BCUT2D eigenvalue weighted by atomic mass is 10.0. The van der Waals surface area contributed by atoms with Crippen LogP contribution in [-0.2, 0) is 4.79 Å². The lowest BCUT2D eigenvalue weighted by Gasteiger charge is -2.13. The maximum atomic E-state index is 12.6. The topological polar surface area (TPSA) is 126 Å².